The van der Waals surface area contributed by atoms with E-state index in [1.807, 2.05) is 0 Å². The Bertz CT molecular complexity index is 1670. The predicted octanol–water partition coefficient (Wildman–Crippen LogP) is 2.71. The van der Waals surface area contributed by atoms with E-state index in [2.05, 4.69) is 5.32 Å². The van der Waals surface area contributed by atoms with Gasteiger partial charge in [-0.25, -0.2) is 14.4 Å². The van der Waals surface area contributed by atoms with Gasteiger partial charge in [-0.1, -0.05) is 18.2 Å². The Kier molecular flexibility index (Phi) is 12.2. The van der Waals surface area contributed by atoms with Crippen molar-refractivity contribution in [2.75, 3.05) is 21.3 Å². The van der Waals surface area contributed by atoms with Crippen molar-refractivity contribution in [3.63, 3.8) is 0 Å². The largest absolute Gasteiger partial charge is 0.496 e. The molecular weight excluding hydrogens is 622 g/mol. The van der Waals surface area contributed by atoms with E-state index in [0.717, 1.165) is 26.0 Å². The first-order valence-corrected chi connectivity index (χ1v) is 13.7. The van der Waals surface area contributed by atoms with Crippen molar-refractivity contribution in [2.24, 2.45) is 0 Å². The summed E-state index contributed by atoms with van der Waals surface area (Å²) in [7, 11) is 3.91. The second-order valence-corrected chi connectivity index (χ2v) is 9.44. The summed E-state index contributed by atoms with van der Waals surface area (Å²) < 4.78 is 36.1. The van der Waals surface area contributed by atoms with Gasteiger partial charge >= 0.3 is 29.8 Å². The van der Waals surface area contributed by atoms with Crippen molar-refractivity contribution in [3.05, 3.63) is 77.4 Å². The predicted molar refractivity (Wildman–Crippen MR) is 159 cm³/mol. The molecule has 2 N–H and O–H groups in total. The van der Waals surface area contributed by atoms with Gasteiger partial charge in [0.05, 0.1) is 32.5 Å². The van der Waals surface area contributed by atoms with Gasteiger partial charge in [0.2, 0.25) is 12.2 Å². The number of benzene rings is 3. The topological polar surface area (TPSA) is 199 Å². The number of hydrogen-bond donors (Lipinski definition) is 2. The molecule has 0 aliphatic heterocycles. The Labute approximate surface area is 268 Å². The number of nitrogens with one attached hydrogen (secondary N) is 1. The zero-order chi connectivity index (χ0) is 34.7. The van der Waals surface area contributed by atoms with Gasteiger partial charge in [-0.05, 0) is 42.5 Å². The number of carboxylic acids is 1. The Morgan fingerprint density at radius 1 is 0.638 bits per heavy atom. The smallest absolute Gasteiger partial charge is 0.349 e. The minimum Gasteiger partial charge on any atom is -0.496 e. The van der Waals surface area contributed by atoms with Crippen LogP contribution in [0.15, 0.2) is 60.7 Å². The summed E-state index contributed by atoms with van der Waals surface area (Å²) in [4.78, 5) is 75.0. The first-order chi connectivity index (χ1) is 22.4. The molecule has 1 amide bonds. The van der Waals surface area contributed by atoms with Gasteiger partial charge in [-0.2, -0.15) is 0 Å². The van der Waals surface area contributed by atoms with Crippen LogP contribution in [0.5, 0.6) is 28.7 Å². The number of aliphatic carboxylic acids is 1. The number of carbonyl (C=O) groups excluding carboxylic acids is 5. The second-order valence-electron chi connectivity index (χ2n) is 9.44. The standard InChI is InChI=1S/C32H31NO14/c1-17(34)44-23-12-10-19(14-25(23)42-4)31(39)46-27(29(36)33-16-21-8-6-7-9-22(21)41-3)28(30(37)38)47-32(40)20-11-13-24(45-18(2)35)26(15-20)43-5/h6-15,27-28H,16H2,1-5H3,(H,33,36)(H,37,38)/t27-,28+/m1/s1. The normalized spacial score (nSPS) is 11.6. The highest BCUT2D eigenvalue weighted by atomic mass is 16.6. The Morgan fingerprint density at radius 2 is 1.11 bits per heavy atom. The fourth-order valence-corrected chi connectivity index (χ4v) is 4.06. The SMILES string of the molecule is COc1ccccc1CNC(=O)[C@H](OC(=O)c1ccc(OC(C)=O)c(OC)c1)[C@H](OC(=O)c1ccc(OC(C)=O)c(OC)c1)C(=O)O. The third-order valence-electron chi connectivity index (χ3n) is 6.20. The first-order valence-electron chi connectivity index (χ1n) is 13.7. The van der Waals surface area contributed by atoms with Crippen molar-refractivity contribution >= 4 is 35.8 Å². The summed E-state index contributed by atoms with van der Waals surface area (Å²) in [5, 5.41) is 12.5. The zero-order valence-corrected chi connectivity index (χ0v) is 25.9. The van der Waals surface area contributed by atoms with Gasteiger partial charge in [-0.3, -0.25) is 14.4 Å². The molecule has 0 heterocycles. The number of carbonyl (C=O) groups is 6. The third-order valence-corrected chi connectivity index (χ3v) is 6.20. The molecule has 0 radical (unpaired) electrons. The van der Waals surface area contributed by atoms with Crippen LogP contribution in [0.25, 0.3) is 0 Å². The summed E-state index contributed by atoms with van der Waals surface area (Å²) in [6, 6.07) is 13.7. The Balaban J connectivity index is 1.96. The number of para-hydroxylation sites is 1. The summed E-state index contributed by atoms with van der Waals surface area (Å²) in [6.45, 7) is 2.13. The van der Waals surface area contributed by atoms with E-state index in [0.29, 0.717) is 11.3 Å². The number of methoxy groups -OCH3 is 3. The summed E-state index contributed by atoms with van der Waals surface area (Å²) in [6.07, 6.45) is -4.58. The summed E-state index contributed by atoms with van der Waals surface area (Å²) in [5.41, 5.74) is 0.0407. The molecule has 15 heteroatoms. The molecule has 3 rings (SSSR count). The Hall–Kier alpha value is -6.12. The summed E-state index contributed by atoms with van der Waals surface area (Å²) >= 11 is 0. The van der Waals surface area contributed by atoms with Crippen molar-refractivity contribution in [2.45, 2.75) is 32.6 Å². The maximum absolute atomic E-state index is 13.5. The Morgan fingerprint density at radius 3 is 1.55 bits per heavy atom. The molecule has 3 aromatic carbocycles. The third kappa shape index (κ3) is 9.43. The molecule has 47 heavy (non-hydrogen) atoms. The van der Waals surface area contributed by atoms with Crippen LogP contribution in [-0.2, 0) is 35.2 Å². The molecule has 0 aliphatic carbocycles. The number of carboxylic acid groups (broad SMARTS) is 1. The van der Waals surface area contributed by atoms with Crippen LogP contribution in [-0.4, -0.2) is 74.4 Å². The van der Waals surface area contributed by atoms with E-state index in [4.69, 9.17) is 33.2 Å². The molecule has 0 spiro atoms. The number of amides is 1. The lowest BCUT2D eigenvalue weighted by Crippen LogP contribution is -2.50. The number of esters is 4. The fourth-order valence-electron chi connectivity index (χ4n) is 4.06. The lowest BCUT2D eigenvalue weighted by molar-refractivity contribution is -0.159. The van der Waals surface area contributed by atoms with E-state index in [9.17, 15) is 33.9 Å². The van der Waals surface area contributed by atoms with Crippen LogP contribution in [0.4, 0.5) is 0 Å². The van der Waals surface area contributed by atoms with Crippen molar-refractivity contribution in [1.29, 1.82) is 0 Å². The van der Waals surface area contributed by atoms with Crippen LogP contribution < -0.4 is 29.0 Å². The molecule has 0 fully saturated rings. The van der Waals surface area contributed by atoms with Crippen LogP contribution >= 0.6 is 0 Å². The highest BCUT2D eigenvalue weighted by Crippen LogP contribution is 2.30. The van der Waals surface area contributed by atoms with E-state index >= 15 is 0 Å². The van der Waals surface area contributed by atoms with Crippen LogP contribution in [0.3, 0.4) is 0 Å². The zero-order valence-electron chi connectivity index (χ0n) is 25.9. The van der Waals surface area contributed by atoms with Crippen LogP contribution in [0, 0.1) is 0 Å². The number of rotatable bonds is 14. The van der Waals surface area contributed by atoms with E-state index in [1.54, 1.807) is 24.3 Å². The summed E-state index contributed by atoms with van der Waals surface area (Å²) in [5.74, 6) is -6.44. The molecule has 0 unspecified atom stereocenters. The van der Waals surface area contributed by atoms with Crippen LogP contribution in [0.1, 0.15) is 40.1 Å². The maximum Gasteiger partial charge on any atom is 0.349 e. The lowest BCUT2D eigenvalue weighted by atomic mass is 10.1. The average Bonchev–Trinajstić information content (AvgIpc) is 3.04. The molecule has 2 atom stereocenters. The van der Waals surface area contributed by atoms with Gasteiger partial charge in [-0.15, -0.1) is 0 Å². The molecule has 0 saturated carbocycles. The lowest BCUT2D eigenvalue weighted by Gasteiger charge is -2.24. The molecule has 248 valence electrons. The molecule has 3 aromatic rings. The first kappa shape index (κ1) is 35.4. The van der Waals surface area contributed by atoms with Crippen LogP contribution in [0.2, 0.25) is 0 Å². The van der Waals surface area contributed by atoms with E-state index in [-0.39, 0.29) is 40.7 Å². The van der Waals surface area contributed by atoms with Crippen molar-refractivity contribution in [3.8, 4) is 28.7 Å². The highest BCUT2D eigenvalue weighted by molar-refractivity contribution is 5.97. The second kappa shape index (κ2) is 16.3. The van der Waals surface area contributed by atoms with Crippen molar-refractivity contribution in [1.82, 2.24) is 5.32 Å². The molecule has 0 aromatic heterocycles. The maximum atomic E-state index is 13.5. The van der Waals surface area contributed by atoms with E-state index < -0.39 is 48.0 Å². The minimum atomic E-state index is -2.36. The molecule has 0 aliphatic rings. The highest BCUT2D eigenvalue weighted by Gasteiger charge is 2.41. The van der Waals surface area contributed by atoms with Gasteiger partial charge in [0, 0.05) is 26.0 Å². The molecule has 0 bridgehead atoms. The van der Waals surface area contributed by atoms with Gasteiger partial charge < -0.3 is 43.6 Å². The quantitative estimate of drug-likeness (QED) is 0.190. The molecule has 0 saturated heterocycles. The van der Waals surface area contributed by atoms with Gasteiger partial charge in [0.15, 0.2) is 23.0 Å². The van der Waals surface area contributed by atoms with E-state index in [1.165, 1.54) is 45.6 Å². The molecular formula is C32H31NO14. The van der Waals surface area contributed by atoms with Gasteiger partial charge in [0.1, 0.15) is 5.75 Å². The monoisotopic (exact) mass is 653 g/mol. The average molecular weight is 654 g/mol. The minimum absolute atomic E-state index is 0.0184. The fraction of sp³-hybridized carbons (Fsp3) is 0.250. The van der Waals surface area contributed by atoms with Crippen molar-refractivity contribution < 1.29 is 67.0 Å². The number of ether oxygens (including phenoxy) is 7. The molecule has 15 nitrogen and oxygen atoms in total. The van der Waals surface area contributed by atoms with Gasteiger partial charge in [0.25, 0.3) is 5.91 Å². The number of hydrogen-bond acceptors (Lipinski definition) is 13.